The molecule has 0 N–H and O–H groups in total. The van der Waals surface area contributed by atoms with E-state index in [0.717, 1.165) is 13.2 Å². The summed E-state index contributed by atoms with van der Waals surface area (Å²) in [7, 11) is 0. The average Bonchev–Trinajstić information content (AvgIpc) is 3.02. The van der Waals surface area contributed by atoms with Crippen molar-refractivity contribution in [3.05, 3.63) is 47.5 Å². The van der Waals surface area contributed by atoms with Crippen LogP contribution in [-0.2, 0) is 14.9 Å². The third-order valence-corrected chi connectivity index (χ3v) is 4.65. The second-order valence-electron chi connectivity index (χ2n) is 7.39. The minimum atomic E-state index is -0.114. The molecule has 1 aliphatic heterocycles. The van der Waals surface area contributed by atoms with Gasteiger partial charge in [-0.05, 0) is 24.8 Å². The molecule has 0 radical (unpaired) electrons. The van der Waals surface area contributed by atoms with Gasteiger partial charge in [0.1, 0.15) is 0 Å². The van der Waals surface area contributed by atoms with Gasteiger partial charge in [0.25, 0.3) is 0 Å². The second kappa shape index (κ2) is 5.58. The van der Waals surface area contributed by atoms with Crippen molar-refractivity contribution >= 4 is 0 Å². The van der Waals surface area contributed by atoms with Gasteiger partial charge in [-0.25, -0.2) is 0 Å². The number of benzene rings is 1. The Balaban J connectivity index is 1.90. The van der Waals surface area contributed by atoms with Crippen molar-refractivity contribution in [2.75, 3.05) is 13.2 Å². The van der Waals surface area contributed by atoms with Gasteiger partial charge in [0.15, 0.2) is 6.29 Å². The molecule has 0 aromatic heterocycles. The highest BCUT2D eigenvalue weighted by atomic mass is 16.7. The number of ether oxygens (including phenoxy) is 2. The van der Waals surface area contributed by atoms with E-state index < -0.39 is 0 Å². The first kappa shape index (κ1) is 14.8. The second-order valence-corrected chi connectivity index (χ2v) is 7.39. The summed E-state index contributed by atoms with van der Waals surface area (Å²) in [5.74, 6) is 0. The van der Waals surface area contributed by atoms with Crippen molar-refractivity contribution in [3.63, 3.8) is 0 Å². The highest BCUT2D eigenvalue weighted by molar-refractivity contribution is 5.39. The molecule has 1 saturated heterocycles. The van der Waals surface area contributed by atoms with Crippen LogP contribution in [0.3, 0.4) is 0 Å². The smallest absolute Gasteiger partial charge is 0.162 e. The van der Waals surface area contributed by atoms with Crippen LogP contribution in [0, 0.1) is 5.41 Å². The molecule has 1 fully saturated rings. The van der Waals surface area contributed by atoms with Gasteiger partial charge < -0.3 is 9.47 Å². The van der Waals surface area contributed by atoms with Crippen LogP contribution < -0.4 is 0 Å². The number of hydrogen-bond donors (Lipinski definition) is 0. The van der Waals surface area contributed by atoms with E-state index in [1.165, 1.54) is 30.4 Å². The molecular formula is C19H26O2. The van der Waals surface area contributed by atoms with E-state index in [-0.39, 0.29) is 17.1 Å². The van der Waals surface area contributed by atoms with Crippen molar-refractivity contribution in [1.29, 1.82) is 0 Å². The predicted octanol–water partition coefficient (Wildman–Crippen LogP) is 4.45. The minimum Gasteiger partial charge on any atom is -0.351 e. The zero-order valence-electron chi connectivity index (χ0n) is 13.4. The van der Waals surface area contributed by atoms with Crippen molar-refractivity contribution in [3.8, 4) is 0 Å². The summed E-state index contributed by atoms with van der Waals surface area (Å²) >= 11 is 0. The van der Waals surface area contributed by atoms with Gasteiger partial charge in [0.2, 0.25) is 0 Å². The number of hydrogen-bond acceptors (Lipinski definition) is 2. The topological polar surface area (TPSA) is 18.5 Å². The molecule has 0 atom stereocenters. The Morgan fingerprint density at radius 1 is 1.05 bits per heavy atom. The molecular weight excluding hydrogens is 260 g/mol. The summed E-state index contributed by atoms with van der Waals surface area (Å²) in [4.78, 5) is 0. The SMILES string of the molecule is CC(C)(C)C1OCC(C2=CCCC2)(c2ccccc2)CO1. The molecule has 2 nitrogen and oxygen atoms in total. The fraction of sp³-hybridized carbons (Fsp3) is 0.579. The average molecular weight is 286 g/mol. The normalized spacial score (nSPS) is 30.2. The first-order valence-corrected chi connectivity index (χ1v) is 8.01. The molecule has 2 heteroatoms. The molecule has 1 aliphatic carbocycles. The minimum absolute atomic E-state index is 0.0207. The van der Waals surface area contributed by atoms with Gasteiger partial charge in [0.05, 0.1) is 18.6 Å². The number of allylic oxidation sites excluding steroid dienone is 1. The van der Waals surface area contributed by atoms with Gasteiger partial charge in [-0.15, -0.1) is 0 Å². The summed E-state index contributed by atoms with van der Waals surface area (Å²) < 4.78 is 12.3. The Kier molecular flexibility index (Phi) is 3.94. The van der Waals surface area contributed by atoms with Crippen LogP contribution in [0.2, 0.25) is 0 Å². The highest BCUT2D eigenvalue weighted by Gasteiger charge is 2.44. The third kappa shape index (κ3) is 2.79. The molecule has 3 rings (SSSR count). The molecule has 0 saturated carbocycles. The van der Waals surface area contributed by atoms with E-state index in [1.807, 2.05) is 0 Å². The lowest BCUT2D eigenvalue weighted by Crippen LogP contribution is -2.49. The molecule has 1 aromatic rings. The molecule has 0 amide bonds. The van der Waals surface area contributed by atoms with Crippen LogP contribution in [0.5, 0.6) is 0 Å². The predicted molar refractivity (Wildman–Crippen MR) is 85.2 cm³/mol. The molecule has 21 heavy (non-hydrogen) atoms. The summed E-state index contributed by atoms with van der Waals surface area (Å²) in [6.45, 7) is 7.96. The fourth-order valence-electron chi connectivity index (χ4n) is 3.43. The fourth-order valence-corrected chi connectivity index (χ4v) is 3.43. The Morgan fingerprint density at radius 3 is 2.24 bits per heavy atom. The lowest BCUT2D eigenvalue weighted by Gasteiger charge is -2.45. The maximum Gasteiger partial charge on any atom is 0.162 e. The molecule has 114 valence electrons. The Hall–Kier alpha value is -1.12. The van der Waals surface area contributed by atoms with E-state index in [9.17, 15) is 0 Å². The Bertz CT molecular complexity index is 502. The van der Waals surface area contributed by atoms with Crippen LogP contribution in [0.15, 0.2) is 42.0 Å². The zero-order chi connectivity index (χ0) is 14.9. The first-order valence-electron chi connectivity index (χ1n) is 8.01. The van der Waals surface area contributed by atoms with E-state index in [2.05, 4.69) is 57.2 Å². The summed E-state index contributed by atoms with van der Waals surface area (Å²) in [5.41, 5.74) is 2.76. The first-order chi connectivity index (χ1) is 10.0. The van der Waals surface area contributed by atoms with E-state index >= 15 is 0 Å². The van der Waals surface area contributed by atoms with Crippen molar-refractivity contribution in [2.24, 2.45) is 5.41 Å². The van der Waals surface area contributed by atoms with Crippen LogP contribution in [0.25, 0.3) is 0 Å². The Labute approximate surface area is 128 Å². The Morgan fingerprint density at radius 2 is 1.71 bits per heavy atom. The van der Waals surface area contributed by atoms with E-state index in [4.69, 9.17) is 9.47 Å². The molecule has 0 unspecified atom stereocenters. The summed E-state index contributed by atoms with van der Waals surface area (Å²) in [6, 6.07) is 10.7. The highest BCUT2D eigenvalue weighted by Crippen LogP contribution is 2.43. The van der Waals surface area contributed by atoms with Crippen LogP contribution in [-0.4, -0.2) is 19.5 Å². The maximum atomic E-state index is 6.16. The van der Waals surface area contributed by atoms with E-state index in [0.29, 0.717) is 0 Å². The van der Waals surface area contributed by atoms with Gasteiger partial charge in [-0.3, -0.25) is 0 Å². The van der Waals surface area contributed by atoms with Gasteiger partial charge in [-0.2, -0.15) is 0 Å². The van der Waals surface area contributed by atoms with Crippen LogP contribution >= 0.6 is 0 Å². The van der Waals surface area contributed by atoms with Crippen molar-refractivity contribution in [2.45, 2.75) is 51.7 Å². The summed E-state index contributed by atoms with van der Waals surface area (Å²) in [6.07, 6.45) is 5.90. The molecule has 0 bridgehead atoms. The molecule has 1 aromatic carbocycles. The van der Waals surface area contributed by atoms with Crippen molar-refractivity contribution in [1.82, 2.24) is 0 Å². The van der Waals surface area contributed by atoms with Gasteiger partial charge in [-0.1, -0.05) is 62.8 Å². The third-order valence-electron chi connectivity index (χ3n) is 4.65. The monoisotopic (exact) mass is 286 g/mol. The summed E-state index contributed by atoms with van der Waals surface area (Å²) in [5, 5.41) is 0. The maximum absolute atomic E-state index is 6.16. The van der Waals surface area contributed by atoms with E-state index in [1.54, 1.807) is 0 Å². The standard InChI is InChI=1S/C19H26O2/c1-18(2,3)17-20-13-19(14-21-17,16-11-7-8-12-16)15-9-5-4-6-10-15/h4-6,9-11,17H,7-8,12-14H2,1-3H3. The van der Waals surface area contributed by atoms with Crippen LogP contribution in [0.4, 0.5) is 0 Å². The zero-order valence-corrected chi connectivity index (χ0v) is 13.4. The number of rotatable bonds is 2. The lowest BCUT2D eigenvalue weighted by molar-refractivity contribution is -0.244. The molecule has 0 spiro atoms. The largest absolute Gasteiger partial charge is 0.351 e. The molecule has 1 heterocycles. The quantitative estimate of drug-likeness (QED) is 0.748. The van der Waals surface area contributed by atoms with Crippen molar-refractivity contribution < 1.29 is 9.47 Å². The van der Waals surface area contributed by atoms with Gasteiger partial charge >= 0.3 is 0 Å². The lowest BCUT2D eigenvalue weighted by atomic mass is 9.74. The van der Waals surface area contributed by atoms with Crippen LogP contribution in [0.1, 0.15) is 45.6 Å². The molecule has 2 aliphatic rings. The van der Waals surface area contributed by atoms with Gasteiger partial charge in [0, 0.05) is 5.41 Å².